The quantitative estimate of drug-likeness (QED) is 0.0222. The fourth-order valence-corrected chi connectivity index (χ4v) is 13.3. The van der Waals surface area contributed by atoms with Crippen molar-refractivity contribution in [1.29, 1.82) is 0 Å². The minimum Gasteiger partial charge on any atom is -0.462 e. The second-order valence-corrected chi connectivity index (χ2v) is 32.6. The average molecular weight is 1410 g/mol. The summed E-state index contributed by atoms with van der Waals surface area (Å²) in [5.74, 6) is 0.922. The number of phosphoric acid groups is 2. The summed E-state index contributed by atoms with van der Waals surface area (Å²) in [6.45, 7) is 14.2. The van der Waals surface area contributed by atoms with Crippen LogP contribution in [-0.4, -0.2) is 96.7 Å². The number of ether oxygens (including phenoxy) is 4. The maximum Gasteiger partial charge on any atom is 0.472 e. The number of esters is 4. The van der Waals surface area contributed by atoms with E-state index in [4.69, 9.17) is 37.0 Å². The lowest BCUT2D eigenvalue weighted by Crippen LogP contribution is -2.30. The number of unbranched alkanes of at least 4 members (excludes halogenated alkanes) is 40. The number of carbonyl (C=O) groups excluding carboxylic acids is 4. The van der Waals surface area contributed by atoms with Gasteiger partial charge in [-0.05, 0) is 49.4 Å². The number of carbonyl (C=O) groups is 4. The van der Waals surface area contributed by atoms with Crippen LogP contribution in [0.4, 0.5) is 0 Å². The Morgan fingerprint density at radius 1 is 0.260 bits per heavy atom. The molecular formula is C77H150O17P2. The molecule has 0 fully saturated rings. The van der Waals surface area contributed by atoms with Crippen LogP contribution < -0.4 is 0 Å². The van der Waals surface area contributed by atoms with Crippen molar-refractivity contribution in [3.05, 3.63) is 0 Å². The first kappa shape index (κ1) is 94.1. The van der Waals surface area contributed by atoms with Crippen molar-refractivity contribution in [3.63, 3.8) is 0 Å². The third kappa shape index (κ3) is 70.5. The van der Waals surface area contributed by atoms with Gasteiger partial charge in [0.05, 0.1) is 26.4 Å². The summed E-state index contributed by atoms with van der Waals surface area (Å²) in [5.41, 5.74) is 0. The first-order valence-electron chi connectivity index (χ1n) is 39.7. The molecule has 5 atom stereocenters. The Morgan fingerprint density at radius 2 is 0.438 bits per heavy atom. The van der Waals surface area contributed by atoms with E-state index in [1.54, 1.807) is 0 Å². The molecule has 3 N–H and O–H groups in total. The van der Waals surface area contributed by atoms with Gasteiger partial charge in [-0.1, -0.05) is 338 Å². The summed E-state index contributed by atoms with van der Waals surface area (Å²) >= 11 is 0. The Balaban J connectivity index is 5.24. The van der Waals surface area contributed by atoms with Crippen LogP contribution in [0.15, 0.2) is 0 Å². The summed E-state index contributed by atoms with van der Waals surface area (Å²) in [5, 5.41) is 10.6. The third-order valence-corrected chi connectivity index (χ3v) is 19.7. The zero-order valence-corrected chi connectivity index (χ0v) is 64.8. The van der Waals surface area contributed by atoms with Gasteiger partial charge in [-0.25, -0.2) is 9.13 Å². The van der Waals surface area contributed by atoms with Gasteiger partial charge in [0.25, 0.3) is 0 Å². The molecule has 0 aromatic heterocycles. The zero-order valence-electron chi connectivity index (χ0n) is 63.0. The topological polar surface area (TPSA) is 237 Å². The van der Waals surface area contributed by atoms with Crippen molar-refractivity contribution in [2.75, 3.05) is 39.6 Å². The number of hydrogen-bond acceptors (Lipinski definition) is 15. The SMILES string of the molecule is CC(C)CCCCCCCCCCCCCCCCCC(=O)OC[C@H](COP(=O)(O)OCC(O)COP(=O)(O)OC[C@@H](COC(=O)CCCCCCCCCC(C)C)OC(=O)CCCCCCCCCCCCCC(C)C)OC(=O)CCCCCCCCCCCCCC(C)C. The van der Waals surface area contributed by atoms with Gasteiger partial charge in [0.15, 0.2) is 12.2 Å². The minimum absolute atomic E-state index is 0.105. The Hall–Kier alpha value is -1.94. The van der Waals surface area contributed by atoms with E-state index in [-0.39, 0.29) is 25.7 Å². The molecule has 0 aromatic carbocycles. The van der Waals surface area contributed by atoms with Crippen LogP contribution in [0.1, 0.15) is 389 Å². The summed E-state index contributed by atoms with van der Waals surface area (Å²) in [6, 6.07) is 0. The fourth-order valence-electron chi connectivity index (χ4n) is 11.7. The van der Waals surface area contributed by atoms with Crippen molar-refractivity contribution >= 4 is 39.5 Å². The van der Waals surface area contributed by atoms with Crippen molar-refractivity contribution in [1.82, 2.24) is 0 Å². The van der Waals surface area contributed by atoms with Gasteiger partial charge in [-0.3, -0.25) is 37.3 Å². The highest BCUT2D eigenvalue weighted by Gasteiger charge is 2.30. The first-order chi connectivity index (χ1) is 46.1. The second kappa shape index (κ2) is 66.3. The van der Waals surface area contributed by atoms with Gasteiger partial charge in [0.1, 0.15) is 19.3 Å². The smallest absolute Gasteiger partial charge is 0.462 e. The highest BCUT2D eigenvalue weighted by molar-refractivity contribution is 7.47. The normalized spacial score (nSPS) is 14.1. The molecule has 0 aromatic rings. The van der Waals surface area contributed by atoms with Gasteiger partial charge < -0.3 is 33.8 Å². The van der Waals surface area contributed by atoms with E-state index in [1.165, 1.54) is 186 Å². The largest absolute Gasteiger partial charge is 0.472 e. The molecule has 0 rings (SSSR count). The first-order valence-corrected chi connectivity index (χ1v) is 42.7. The Kier molecular flexibility index (Phi) is 65.0. The molecule has 19 heteroatoms. The number of hydrogen-bond donors (Lipinski definition) is 3. The molecule has 0 saturated heterocycles. The molecule has 570 valence electrons. The highest BCUT2D eigenvalue weighted by Crippen LogP contribution is 2.45. The predicted octanol–water partition coefficient (Wildman–Crippen LogP) is 22.4. The lowest BCUT2D eigenvalue weighted by atomic mass is 10.0. The van der Waals surface area contributed by atoms with E-state index in [1.807, 2.05) is 0 Å². The van der Waals surface area contributed by atoms with Crippen molar-refractivity contribution < 1.29 is 80.2 Å². The molecule has 3 unspecified atom stereocenters. The van der Waals surface area contributed by atoms with Crippen LogP contribution in [0.25, 0.3) is 0 Å². The molecule has 0 bridgehead atoms. The maximum absolute atomic E-state index is 13.1. The van der Waals surface area contributed by atoms with Gasteiger partial charge in [-0.15, -0.1) is 0 Å². The lowest BCUT2D eigenvalue weighted by molar-refractivity contribution is -0.161. The molecule has 0 aliphatic heterocycles. The predicted molar refractivity (Wildman–Crippen MR) is 391 cm³/mol. The second-order valence-electron chi connectivity index (χ2n) is 29.7. The molecule has 0 spiro atoms. The summed E-state index contributed by atoms with van der Waals surface area (Å²) < 4.78 is 68.6. The van der Waals surface area contributed by atoms with Gasteiger partial charge in [-0.2, -0.15) is 0 Å². The number of aliphatic hydroxyl groups excluding tert-OH is 1. The summed E-state index contributed by atoms with van der Waals surface area (Å²) in [6.07, 6.45) is 51.4. The Morgan fingerprint density at radius 3 is 0.646 bits per heavy atom. The monoisotopic (exact) mass is 1410 g/mol. The molecule has 0 aliphatic carbocycles. The summed E-state index contributed by atoms with van der Waals surface area (Å²) in [4.78, 5) is 72.8. The van der Waals surface area contributed by atoms with E-state index in [2.05, 4.69) is 55.4 Å². The van der Waals surface area contributed by atoms with Crippen LogP contribution in [0.3, 0.4) is 0 Å². The van der Waals surface area contributed by atoms with Gasteiger partial charge in [0.2, 0.25) is 0 Å². The van der Waals surface area contributed by atoms with Crippen LogP contribution >= 0.6 is 15.6 Å². The average Bonchev–Trinajstić information content (AvgIpc) is 1.38. The fraction of sp³-hybridized carbons (Fsp3) is 0.948. The van der Waals surface area contributed by atoms with E-state index in [0.29, 0.717) is 31.6 Å². The number of aliphatic hydroxyl groups is 1. The van der Waals surface area contributed by atoms with E-state index in [9.17, 15) is 43.2 Å². The van der Waals surface area contributed by atoms with E-state index < -0.39 is 97.5 Å². The molecule has 96 heavy (non-hydrogen) atoms. The van der Waals surface area contributed by atoms with E-state index in [0.717, 1.165) is 114 Å². The molecule has 0 heterocycles. The van der Waals surface area contributed by atoms with Crippen LogP contribution in [0.2, 0.25) is 0 Å². The van der Waals surface area contributed by atoms with Crippen molar-refractivity contribution in [3.8, 4) is 0 Å². The summed E-state index contributed by atoms with van der Waals surface area (Å²) in [7, 11) is -9.91. The van der Waals surface area contributed by atoms with Crippen LogP contribution in [0, 0.1) is 23.7 Å². The third-order valence-electron chi connectivity index (χ3n) is 17.8. The molecule has 0 saturated carbocycles. The lowest BCUT2D eigenvalue weighted by Gasteiger charge is -2.21. The van der Waals surface area contributed by atoms with Crippen molar-refractivity contribution in [2.45, 2.75) is 408 Å². The van der Waals surface area contributed by atoms with Gasteiger partial charge in [0, 0.05) is 25.7 Å². The number of phosphoric ester groups is 2. The molecule has 0 aliphatic rings. The molecular weight excluding hydrogens is 1260 g/mol. The van der Waals surface area contributed by atoms with Crippen LogP contribution in [-0.2, 0) is 65.4 Å². The Bertz CT molecular complexity index is 1880. The van der Waals surface area contributed by atoms with Crippen molar-refractivity contribution in [2.24, 2.45) is 23.7 Å². The minimum atomic E-state index is -4.96. The molecule has 17 nitrogen and oxygen atoms in total. The molecule has 0 radical (unpaired) electrons. The number of rotatable bonds is 74. The van der Waals surface area contributed by atoms with E-state index >= 15 is 0 Å². The standard InChI is InChI=1S/C77H150O17P2/c1-67(2)53-45-37-29-22-16-12-10-9-11-13-19-25-33-41-49-57-74(79)87-63-72(93-76(81)59-51-43-34-26-20-14-17-23-30-38-46-54-68(3)4)65-91-95(83,84)89-61-71(78)62-90-96(85,86)92-66-73(64-88-75(80)58-50-42-36-28-32-40-48-56-70(7)8)94-77(82)60-52-44-35-27-21-15-18-24-31-39-47-55-69(5)6/h67-73,78H,9-66H2,1-8H3,(H,83,84)(H,85,86)/t71?,72-,73-/m1/s1. The maximum atomic E-state index is 13.1. The molecule has 0 amide bonds. The Labute approximate surface area is 588 Å². The van der Waals surface area contributed by atoms with Gasteiger partial charge >= 0.3 is 39.5 Å². The van der Waals surface area contributed by atoms with Crippen LogP contribution in [0.5, 0.6) is 0 Å². The zero-order chi connectivity index (χ0) is 71.0. The highest BCUT2D eigenvalue weighted by atomic mass is 31.2.